The SMILES string of the molecule is Cc1cc(C)cc(OCCSc2nnc(-c3c[nH]c4ccccc34)o2)c1. The monoisotopic (exact) mass is 365 g/mol. The Morgan fingerprint density at radius 1 is 1.08 bits per heavy atom. The van der Waals surface area contributed by atoms with E-state index in [9.17, 15) is 0 Å². The van der Waals surface area contributed by atoms with E-state index < -0.39 is 0 Å². The summed E-state index contributed by atoms with van der Waals surface area (Å²) >= 11 is 1.50. The van der Waals surface area contributed by atoms with Crippen molar-refractivity contribution in [3.63, 3.8) is 0 Å². The number of aromatic nitrogens is 3. The highest BCUT2D eigenvalue weighted by Crippen LogP contribution is 2.29. The Bertz CT molecular complexity index is 1020. The van der Waals surface area contributed by atoms with Crippen molar-refractivity contribution in [1.82, 2.24) is 15.2 Å². The van der Waals surface area contributed by atoms with E-state index in [1.54, 1.807) is 0 Å². The third kappa shape index (κ3) is 3.60. The fourth-order valence-corrected chi connectivity index (χ4v) is 3.51. The second kappa shape index (κ2) is 7.25. The highest BCUT2D eigenvalue weighted by Gasteiger charge is 2.13. The maximum absolute atomic E-state index is 5.81. The molecule has 2 heterocycles. The highest BCUT2D eigenvalue weighted by atomic mass is 32.2. The molecule has 6 heteroatoms. The second-order valence-corrected chi connectivity index (χ2v) is 7.19. The van der Waals surface area contributed by atoms with Gasteiger partial charge in [-0.1, -0.05) is 36.0 Å². The molecule has 4 rings (SSSR count). The zero-order chi connectivity index (χ0) is 17.9. The van der Waals surface area contributed by atoms with Gasteiger partial charge in [-0.15, -0.1) is 10.2 Å². The molecule has 0 unspecified atom stereocenters. The minimum Gasteiger partial charge on any atom is -0.493 e. The highest BCUT2D eigenvalue weighted by molar-refractivity contribution is 7.99. The topological polar surface area (TPSA) is 63.9 Å². The first-order valence-electron chi connectivity index (χ1n) is 8.43. The average Bonchev–Trinajstić information content (AvgIpc) is 3.24. The number of ether oxygens (including phenoxy) is 1. The number of rotatable bonds is 6. The first kappa shape index (κ1) is 16.7. The van der Waals surface area contributed by atoms with E-state index in [2.05, 4.69) is 35.1 Å². The van der Waals surface area contributed by atoms with Crippen molar-refractivity contribution in [1.29, 1.82) is 0 Å². The van der Waals surface area contributed by atoms with Crippen LogP contribution >= 0.6 is 11.8 Å². The number of fused-ring (bicyclic) bond motifs is 1. The lowest BCUT2D eigenvalue weighted by atomic mass is 10.1. The third-order valence-corrected chi connectivity index (χ3v) is 4.78. The number of aromatic amines is 1. The van der Waals surface area contributed by atoms with Crippen LogP contribution in [0.15, 0.2) is 58.3 Å². The van der Waals surface area contributed by atoms with Crippen molar-refractivity contribution in [2.45, 2.75) is 19.1 Å². The van der Waals surface area contributed by atoms with Crippen molar-refractivity contribution >= 4 is 22.7 Å². The molecule has 4 aromatic rings. The molecule has 1 N–H and O–H groups in total. The number of H-pyrrole nitrogens is 1. The van der Waals surface area contributed by atoms with Gasteiger partial charge in [0.25, 0.3) is 11.1 Å². The molecular weight excluding hydrogens is 346 g/mol. The van der Waals surface area contributed by atoms with Crippen LogP contribution in [0.5, 0.6) is 5.75 Å². The molecule has 2 aromatic heterocycles. The summed E-state index contributed by atoms with van der Waals surface area (Å²) in [5.41, 5.74) is 4.38. The number of aryl methyl sites for hydroxylation is 2. The van der Waals surface area contributed by atoms with Crippen molar-refractivity contribution in [2.75, 3.05) is 12.4 Å². The van der Waals surface area contributed by atoms with Crippen LogP contribution in [-0.4, -0.2) is 27.5 Å². The van der Waals surface area contributed by atoms with E-state index >= 15 is 0 Å². The number of hydrogen-bond donors (Lipinski definition) is 1. The molecule has 0 amide bonds. The zero-order valence-electron chi connectivity index (χ0n) is 14.7. The number of benzene rings is 2. The summed E-state index contributed by atoms with van der Waals surface area (Å²) in [5.74, 6) is 2.16. The molecule has 0 saturated carbocycles. The van der Waals surface area contributed by atoms with Gasteiger partial charge in [0.05, 0.1) is 12.2 Å². The molecule has 0 saturated heterocycles. The van der Waals surface area contributed by atoms with Gasteiger partial charge in [-0.05, 0) is 43.2 Å². The van der Waals surface area contributed by atoms with Gasteiger partial charge in [0.1, 0.15) is 5.75 Å². The molecule has 0 aliphatic heterocycles. The first-order valence-corrected chi connectivity index (χ1v) is 9.41. The Morgan fingerprint density at radius 2 is 1.88 bits per heavy atom. The first-order chi connectivity index (χ1) is 12.7. The number of nitrogens with zero attached hydrogens (tertiary/aromatic N) is 2. The van der Waals surface area contributed by atoms with Crippen LogP contribution in [0.25, 0.3) is 22.4 Å². The minimum absolute atomic E-state index is 0.528. The molecule has 0 atom stereocenters. The van der Waals surface area contributed by atoms with Gasteiger partial charge >= 0.3 is 0 Å². The summed E-state index contributed by atoms with van der Waals surface area (Å²) in [6, 6.07) is 14.3. The maximum Gasteiger partial charge on any atom is 0.276 e. The minimum atomic E-state index is 0.528. The molecule has 132 valence electrons. The van der Waals surface area contributed by atoms with E-state index in [0.29, 0.717) is 17.7 Å². The van der Waals surface area contributed by atoms with Crippen molar-refractivity contribution in [3.05, 3.63) is 59.8 Å². The molecule has 26 heavy (non-hydrogen) atoms. The van der Waals surface area contributed by atoms with Crippen molar-refractivity contribution in [2.24, 2.45) is 0 Å². The maximum atomic E-state index is 5.81. The molecule has 0 radical (unpaired) electrons. The lowest BCUT2D eigenvalue weighted by Crippen LogP contribution is -2.00. The van der Waals surface area contributed by atoms with Gasteiger partial charge in [0.15, 0.2) is 0 Å². The summed E-state index contributed by atoms with van der Waals surface area (Å²) in [6.07, 6.45) is 1.90. The van der Waals surface area contributed by atoms with Crippen LogP contribution in [0.4, 0.5) is 0 Å². The molecule has 0 aliphatic carbocycles. The number of para-hydroxylation sites is 1. The van der Waals surface area contributed by atoms with Gasteiger partial charge in [-0.2, -0.15) is 0 Å². The van der Waals surface area contributed by atoms with Crippen molar-refractivity contribution in [3.8, 4) is 17.2 Å². The molecule has 5 nitrogen and oxygen atoms in total. The van der Waals surface area contributed by atoms with E-state index in [4.69, 9.17) is 9.15 Å². The van der Waals surface area contributed by atoms with Crippen LogP contribution in [-0.2, 0) is 0 Å². The average molecular weight is 365 g/mol. The lowest BCUT2D eigenvalue weighted by molar-refractivity contribution is 0.342. The number of thioether (sulfide) groups is 1. The molecule has 0 fully saturated rings. The largest absolute Gasteiger partial charge is 0.493 e. The van der Waals surface area contributed by atoms with E-state index in [1.165, 1.54) is 22.9 Å². The molecule has 0 spiro atoms. The van der Waals surface area contributed by atoms with Gasteiger partial charge < -0.3 is 14.1 Å². The van der Waals surface area contributed by atoms with Gasteiger partial charge in [0.2, 0.25) is 0 Å². The van der Waals surface area contributed by atoms with Crippen LogP contribution in [0.1, 0.15) is 11.1 Å². The summed E-state index contributed by atoms with van der Waals surface area (Å²) in [5, 5.41) is 9.92. The van der Waals surface area contributed by atoms with E-state index in [0.717, 1.165) is 28.0 Å². The Morgan fingerprint density at radius 3 is 2.73 bits per heavy atom. The molecule has 0 bridgehead atoms. The Hall–Kier alpha value is -2.73. The number of nitrogens with one attached hydrogen (secondary N) is 1. The smallest absolute Gasteiger partial charge is 0.276 e. The zero-order valence-corrected chi connectivity index (χ0v) is 15.5. The summed E-state index contributed by atoms with van der Waals surface area (Å²) in [4.78, 5) is 3.22. The van der Waals surface area contributed by atoms with Crippen LogP contribution in [0, 0.1) is 13.8 Å². The van der Waals surface area contributed by atoms with Crippen LogP contribution in [0.2, 0.25) is 0 Å². The van der Waals surface area contributed by atoms with E-state index in [-0.39, 0.29) is 0 Å². The Balaban J connectivity index is 1.37. The quantitative estimate of drug-likeness (QED) is 0.384. The van der Waals surface area contributed by atoms with Gasteiger partial charge in [0, 0.05) is 22.9 Å². The summed E-state index contributed by atoms with van der Waals surface area (Å²) in [6.45, 7) is 4.72. The molecular formula is C20H19N3O2S. The predicted octanol–water partition coefficient (Wildman–Crippen LogP) is 5.01. The fraction of sp³-hybridized carbons (Fsp3) is 0.200. The second-order valence-electron chi connectivity index (χ2n) is 6.14. The Labute approximate surface area is 155 Å². The normalized spacial score (nSPS) is 11.2. The standard InChI is InChI=1S/C20H19N3O2S/c1-13-9-14(2)11-15(10-13)24-7-8-26-20-23-22-19(25-20)17-12-21-18-6-4-3-5-16(17)18/h3-6,9-12,21H,7-8H2,1-2H3. The van der Waals surface area contributed by atoms with Gasteiger partial charge in [-0.3, -0.25) is 0 Å². The van der Waals surface area contributed by atoms with Crippen LogP contribution in [0.3, 0.4) is 0 Å². The van der Waals surface area contributed by atoms with E-state index in [1.807, 2.05) is 42.6 Å². The summed E-state index contributed by atoms with van der Waals surface area (Å²) < 4.78 is 11.6. The predicted molar refractivity (Wildman–Crippen MR) is 104 cm³/mol. The van der Waals surface area contributed by atoms with Crippen LogP contribution < -0.4 is 4.74 Å². The molecule has 2 aromatic carbocycles. The Kier molecular flexibility index (Phi) is 4.67. The van der Waals surface area contributed by atoms with Gasteiger partial charge in [-0.25, -0.2) is 0 Å². The lowest BCUT2D eigenvalue weighted by Gasteiger charge is -2.07. The number of hydrogen-bond acceptors (Lipinski definition) is 5. The molecule has 0 aliphatic rings. The van der Waals surface area contributed by atoms with Crippen molar-refractivity contribution < 1.29 is 9.15 Å². The third-order valence-electron chi connectivity index (χ3n) is 4.00. The summed E-state index contributed by atoms with van der Waals surface area (Å²) in [7, 11) is 0. The fourth-order valence-electron chi connectivity index (χ4n) is 2.93.